The Morgan fingerprint density at radius 2 is 1.95 bits per heavy atom. The van der Waals surface area contributed by atoms with Gasteiger partial charge in [0.15, 0.2) is 5.78 Å². The maximum atomic E-state index is 12.0. The molecule has 2 aromatic carbocycles. The molecule has 0 saturated carbocycles. The third-order valence-electron chi connectivity index (χ3n) is 3.75. The van der Waals surface area contributed by atoms with Crippen molar-refractivity contribution in [3.05, 3.63) is 64.7 Å². The first-order valence-electron chi connectivity index (χ1n) is 6.83. The normalized spacial score (nSPS) is 13.7. The summed E-state index contributed by atoms with van der Waals surface area (Å²) in [7, 11) is 0. The van der Waals surface area contributed by atoms with Gasteiger partial charge in [0.1, 0.15) is 10.6 Å². The van der Waals surface area contributed by atoms with Gasteiger partial charge in [-0.15, -0.1) is 11.3 Å². The first-order valence-corrected chi connectivity index (χ1v) is 7.65. The number of nitrogens with zero attached hydrogens (tertiary/aromatic N) is 2. The first kappa shape index (κ1) is 13.0. The van der Waals surface area contributed by atoms with E-state index in [1.165, 1.54) is 12.3 Å². The molecular weight excluding hydrogens is 296 g/mol. The summed E-state index contributed by atoms with van der Waals surface area (Å²) in [4.78, 5) is 28.7. The number of nitroso groups, excluding NO2 is 1. The van der Waals surface area contributed by atoms with Crippen LogP contribution in [-0.2, 0) is 0 Å². The number of fused-ring (bicyclic) bond motifs is 2. The van der Waals surface area contributed by atoms with Crippen LogP contribution in [0.5, 0.6) is 0 Å². The van der Waals surface area contributed by atoms with E-state index in [4.69, 9.17) is 0 Å². The molecule has 0 N–H and O–H groups in total. The topological polar surface area (TPSA) is 50.0 Å². The van der Waals surface area contributed by atoms with Gasteiger partial charge in [-0.2, -0.15) is 0 Å². The van der Waals surface area contributed by atoms with Crippen LogP contribution < -0.4 is 0 Å². The second kappa shape index (κ2) is 4.68. The average molecular weight is 307 g/mol. The van der Waals surface area contributed by atoms with Gasteiger partial charge in [0.25, 0.3) is 5.69 Å². The largest absolute Gasteiger partial charge is 0.289 e. The Morgan fingerprint density at radius 1 is 1.18 bits per heavy atom. The number of ketones is 1. The van der Waals surface area contributed by atoms with Gasteiger partial charge in [-0.1, -0.05) is 30.3 Å². The number of hydrogen-bond donors (Lipinski definition) is 0. The number of carbonyl (C=O) groups is 1. The van der Waals surface area contributed by atoms with Gasteiger partial charge >= 0.3 is 0 Å². The van der Waals surface area contributed by atoms with Crippen molar-refractivity contribution in [2.24, 2.45) is 0 Å². The van der Waals surface area contributed by atoms with E-state index in [1.54, 1.807) is 17.4 Å². The Hall–Kier alpha value is -2.66. The second-order valence-corrected chi connectivity index (χ2v) is 6.14. The van der Waals surface area contributed by atoms with Gasteiger partial charge in [0, 0.05) is 16.0 Å². The van der Waals surface area contributed by atoms with E-state index in [2.05, 4.69) is 4.98 Å². The van der Waals surface area contributed by atoms with Crippen molar-refractivity contribution in [2.75, 3.05) is 0 Å². The number of aromatic nitrogens is 1. The van der Waals surface area contributed by atoms with E-state index < -0.39 is 0 Å². The molecule has 1 aliphatic heterocycles. The molecule has 0 atom stereocenters. The minimum absolute atomic E-state index is 0.152. The van der Waals surface area contributed by atoms with Gasteiger partial charge in [-0.05, 0) is 13.0 Å². The predicted molar refractivity (Wildman–Crippen MR) is 86.6 cm³/mol. The van der Waals surface area contributed by atoms with Gasteiger partial charge < -0.3 is 0 Å². The second-order valence-electron chi connectivity index (χ2n) is 5.14. The fourth-order valence-corrected chi connectivity index (χ4v) is 3.74. The molecule has 1 aromatic heterocycles. The monoisotopic (exact) mass is 307 g/mol. The number of aryl methyl sites for hydroxylation is 1. The zero-order valence-electron chi connectivity index (χ0n) is 11.7. The molecule has 22 heavy (non-hydrogen) atoms. The fraction of sp³-hybridized carbons (Fsp3) is 0.0588. The summed E-state index contributed by atoms with van der Waals surface area (Å²) in [6.45, 7) is 1.87. The van der Waals surface area contributed by atoms with Crippen molar-refractivity contribution >= 4 is 33.0 Å². The third-order valence-corrected chi connectivity index (χ3v) is 4.99. The number of hydrogen-bond acceptors (Lipinski definition) is 4. The van der Waals surface area contributed by atoms with Crippen LogP contribution in [0.1, 0.15) is 15.9 Å². The lowest BCUT2D eigenvalue weighted by Gasteiger charge is -2.05. The Labute approximate surface area is 130 Å². The van der Waals surface area contributed by atoms with Crippen LogP contribution in [-0.4, -0.2) is 15.5 Å². The lowest BCUT2D eigenvalue weighted by atomic mass is 10.0. The Kier molecular flexibility index (Phi) is 2.77. The fourth-order valence-electron chi connectivity index (χ4n) is 2.69. The summed E-state index contributed by atoms with van der Waals surface area (Å²) in [5.74, 6) is -0.152. The SMILES string of the molecule is Cc1c2c(cc3nc(-c4ccccc4)sc13)C(=O)C=C[N+]2=O. The molecule has 0 aliphatic carbocycles. The van der Waals surface area contributed by atoms with E-state index in [9.17, 15) is 9.70 Å². The molecule has 3 aromatic rings. The molecule has 0 fully saturated rings. The molecule has 0 radical (unpaired) electrons. The van der Waals surface area contributed by atoms with Crippen LogP contribution in [0, 0.1) is 11.8 Å². The van der Waals surface area contributed by atoms with E-state index in [1.807, 2.05) is 37.3 Å². The number of carbonyl (C=O) groups excluding carboxylic acids is 1. The molecule has 0 bridgehead atoms. The molecule has 106 valence electrons. The number of allylic oxidation sites excluding steroid dienone is 1. The predicted octanol–water partition coefficient (Wildman–Crippen LogP) is 4.39. The molecule has 0 saturated heterocycles. The lowest BCUT2D eigenvalue weighted by Crippen LogP contribution is -2.09. The van der Waals surface area contributed by atoms with Crippen molar-refractivity contribution in [1.82, 2.24) is 4.98 Å². The smallest absolute Gasteiger partial charge is 0.278 e. The van der Waals surface area contributed by atoms with E-state index in [0.717, 1.165) is 31.1 Å². The van der Waals surface area contributed by atoms with Gasteiger partial charge in [0.2, 0.25) is 6.20 Å². The minimum Gasteiger partial charge on any atom is -0.289 e. The molecule has 4 rings (SSSR count). The van der Waals surface area contributed by atoms with E-state index >= 15 is 0 Å². The Morgan fingerprint density at radius 3 is 2.73 bits per heavy atom. The Bertz CT molecular complexity index is 971. The van der Waals surface area contributed by atoms with Gasteiger partial charge in [0.05, 0.1) is 21.1 Å². The molecule has 0 unspecified atom stereocenters. The van der Waals surface area contributed by atoms with E-state index in [-0.39, 0.29) is 5.78 Å². The molecular formula is C17H11N2O2S+. The van der Waals surface area contributed by atoms with Crippen LogP contribution in [0.4, 0.5) is 5.69 Å². The highest BCUT2D eigenvalue weighted by molar-refractivity contribution is 7.21. The van der Waals surface area contributed by atoms with Crippen LogP contribution in [0.3, 0.4) is 0 Å². The Balaban J connectivity index is 2.01. The highest BCUT2D eigenvalue weighted by Crippen LogP contribution is 2.39. The van der Waals surface area contributed by atoms with E-state index in [0.29, 0.717) is 11.3 Å². The summed E-state index contributed by atoms with van der Waals surface area (Å²) < 4.78 is 1.70. The van der Waals surface area contributed by atoms with Crippen molar-refractivity contribution < 1.29 is 9.55 Å². The van der Waals surface area contributed by atoms with Gasteiger partial charge in [-0.3, -0.25) is 4.79 Å². The first-order chi connectivity index (χ1) is 10.6. The third kappa shape index (κ3) is 1.83. The number of benzene rings is 2. The molecule has 2 heterocycles. The average Bonchev–Trinajstić information content (AvgIpc) is 2.96. The zero-order chi connectivity index (χ0) is 15.3. The lowest BCUT2D eigenvalue weighted by molar-refractivity contribution is -0.386. The molecule has 0 amide bonds. The molecule has 5 heteroatoms. The van der Waals surface area contributed by atoms with Crippen molar-refractivity contribution in [2.45, 2.75) is 6.92 Å². The standard InChI is InChI=1S/C17H11N2O2S/c1-10-15-12(14(20)7-8-19(15)21)9-13-16(10)22-17(18-13)11-5-3-2-4-6-11/h2-9H,1H3/q+1. The van der Waals surface area contributed by atoms with Gasteiger partial charge in [-0.25, -0.2) is 4.98 Å². The number of rotatable bonds is 1. The van der Waals surface area contributed by atoms with Crippen molar-refractivity contribution in [3.8, 4) is 10.6 Å². The van der Waals surface area contributed by atoms with Crippen LogP contribution in [0.15, 0.2) is 48.7 Å². The quantitative estimate of drug-likeness (QED) is 0.626. The van der Waals surface area contributed by atoms with Crippen molar-refractivity contribution in [3.63, 3.8) is 0 Å². The summed E-state index contributed by atoms with van der Waals surface area (Å²) >= 11 is 1.54. The van der Waals surface area contributed by atoms with Crippen LogP contribution in [0.25, 0.3) is 20.8 Å². The maximum absolute atomic E-state index is 12.0. The zero-order valence-corrected chi connectivity index (χ0v) is 12.6. The minimum atomic E-state index is -0.152. The van der Waals surface area contributed by atoms with Crippen LogP contribution >= 0.6 is 11.3 Å². The highest BCUT2D eigenvalue weighted by atomic mass is 32.1. The summed E-state index contributed by atoms with van der Waals surface area (Å²) in [6, 6.07) is 11.6. The molecule has 1 aliphatic rings. The van der Waals surface area contributed by atoms with Crippen molar-refractivity contribution in [1.29, 1.82) is 0 Å². The molecule has 0 spiro atoms. The highest BCUT2D eigenvalue weighted by Gasteiger charge is 2.31. The molecule has 4 nitrogen and oxygen atoms in total. The summed E-state index contributed by atoms with van der Waals surface area (Å²) in [5, 5.41) is 0.888. The number of thiazole rings is 1. The summed E-state index contributed by atoms with van der Waals surface area (Å²) in [5.41, 5.74) is 3.46. The maximum Gasteiger partial charge on any atom is 0.278 e. The summed E-state index contributed by atoms with van der Waals surface area (Å²) in [6.07, 6.45) is 2.56. The van der Waals surface area contributed by atoms with Crippen LogP contribution in [0.2, 0.25) is 0 Å².